The Balaban J connectivity index is 1.49. The molecule has 1 fully saturated rings. The summed E-state index contributed by atoms with van der Waals surface area (Å²) >= 11 is 7.70. The molecule has 4 rings (SSSR count). The van der Waals surface area contributed by atoms with Crippen molar-refractivity contribution in [2.45, 2.75) is 44.4 Å². The predicted octanol–water partition coefficient (Wildman–Crippen LogP) is 5.75. The molecule has 0 N–H and O–H groups in total. The van der Waals surface area contributed by atoms with Crippen LogP contribution in [0.3, 0.4) is 0 Å². The number of halogens is 1. The smallest absolute Gasteiger partial charge is 0.410 e. The highest BCUT2D eigenvalue weighted by molar-refractivity contribution is 7.17. The minimum atomic E-state index is -0.196. The number of hydrogen-bond acceptors (Lipinski definition) is 3. The molecule has 25 heavy (non-hydrogen) atoms. The Morgan fingerprint density at radius 1 is 1.20 bits per heavy atom. The first-order valence-corrected chi connectivity index (χ1v) is 9.85. The number of rotatable bonds is 3. The number of ether oxygens (including phenoxy) is 1. The van der Waals surface area contributed by atoms with Crippen LogP contribution in [0.5, 0.6) is 0 Å². The first kappa shape index (κ1) is 16.7. The summed E-state index contributed by atoms with van der Waals surface area (Å²) in [6.45, 7) is 0.326. The Morgan fingerprint density at radius 2 is 2.04 bits per heavy atom. The average molecular weight is 374 g/mol. The zero-order chi connectivity index (χ0) is 17.2. The summed E-state index contributed by atoms with van der Waals surface area (Å²) in [6, 6.07) is 14.2. The second-order valence-corrected chi connectivity index (χ2v) is 8.31. The minimum Gasteiger partial charge on any atom is -0.445 e. The van der Waals surface area contributed by atoms with Crippen molar-refractivity contribution in [3.05, 3.63) is 63.3 Å². The predicted molar refractivity (Wildman–Crippen MR) is 102 cm³/mol. The second kappa shape index (κ2) is 7.22. The van der Waals surface area contributed by atoms with Crippen LogP contribution in [-0.2, 0) is 11.3 Å². The van der Waals surface area contributed by atoms with Gasteiger partial charge in [-0.3, -0.25) is 4.90 Å². The minimum absolute atomic E-state index is 0.131. The van der Waals surface area contributed by atoms with Gasteiger partial charge in [0.25, 0.3) is 0 Å². The lowest BCUT2D eigenvalue weighted by atomic mass is 9.85. The fraction of sp³-hybridized carbons (Fsp3) is 0.350. The van der Waals surface area contributed by atoms with Gasteiger partial charge in [-0.15, -0.1) is 11.3 Å². The zero-order valence-electron chi connectivity index (χ0n) is 13.9. The van der Waals surface area contributed by atoms with Crippen LogP contribution in [0.15, 0.2) is 48.5 Å². The largest absolute Gasteiger partial charge is 0.445 e. The molecule has 2 atom stereocenters. The average Bonchev–Trinajstić information content (AvgIpc) is 3.06. The van der Waals surface area contributed by atoms with E-state index in [2.05, 4.69) is 12.1 Å². The standard InChI is InChI=1S/C20H20ClNO2S/c21-19-10-9-18(25-19)15-11-16-7-4-8-17(12-15)22(16)20(23)24-13-14-5-2-1-3-6-14/h1-3,5-6,9-11,16-17H,4,7-8,12-13H2. The van der Waals surface area contributed by atoms with E-state index in [4.69, 9.17) is 16.3 Å². The van der Waals surface area contributed by atoms with E-state index in [1.807, 2.05) is 41.3 Å². The summed E-state index contributed by atoms with van der Waals surface area (Å²) in [4.78, 5) is 15.9. The molecule has 2 aliphatic rings. The molecule has 3 heterocycles. The molecule has 0 spiro atoms. The molecule has 2 bridgehead atoms. The fourth-order valence-corrected chi connectivity index (χ4v) is 4.85. The first-order chi connectivity index (χ1) is 12.2. The van der Waals surface area contributed by atoms with Crippen molar-refractivity contribution in [2.75, 3.05) is 0 Å². The van der Waals surface area contributed by atoms with Gasteiger partial charge in [-0.2, -0.15) is 0 Å². The van der Waals surface area contributed by atoms with Gasteiger partial charge in [0.05, 0.1) is 10.4 Å². The number of thiophene rings is 1. The van der Waals surface area contributed by atoms with Crippen molar-refractivity contribution >= 4 is 34.6 Å². The quantitative estimate of drug-likeness (QED) is 0.685. The Labute approximate surface area is 156 Å². The van der Waals surface area contributed by atoms with Crippen molar-refractivity contribution in [1.29, 1.82) is 0 Å². The number of fused-ring (bicyclic) bond motifs is 2. The van der Waals surface area contributed by atoms with E-state index in [0.717, 1.165) is 35.6 Å². The van der Waals surface area contributed by atoms with Crippen LogP contribution in [-0.4, -0.2) is 23.1 Å². The van der Waals surface area contributed by atoms with Gasteiger partial charge in [0.1, 0.15) is 6.61 Å². The van der Waals surface area contributed by atoms with E-state index in [1.54, 1.807) is 11.3 Å². The third-order valence-electron chi connectivity index (χ3n) is 4.94. The molecule has 2 aromatic rings. The zero-order valence-corrected chi connectivity index (χ0v) is 15.4. The Morgan fingerprint density at radius 3 is 2.76 bits per heavy atom. The van der Waals surface area contributed by atoms with Crippen molar-refractivity contribution in [3.63, 3.8) is 0 Å². The van der Waals surface area contributed by atoms with Gasteiger partial charge in [0.2, 0.25) is 0 Å². The van der Waals surface area contributed by atoms with Crippen molar-refractivity contribution < 1.29 is 9.53 Å². The highest BCUT2D eigenvalue weighted by atomic mass is 35.5. The SMILES string of the molecule is O=C(OCc1ccccc1)N1C2C=C(c3ccc(Cl)s3)CC1CCC2. The van der Waals surface area contributed by atoms with E-state index in [-0.39, 0.29) is 18.2 Å². The summed E-state index contributed by atoms with van der Waals surface area (Å²) in [5, 5.41) is 0. The summed E-state index contributed by atoms with van der Waals surface area (Å²) in [5.74, 6) is 0. The molecule has 0 saturated carbocycles. The molecule has 2 aliphatic heterocycles. The van der Waals surface area contributed by atoms with Gasteiger partial charge in [0, 0.05) is 10.9 Å². The van der Waals surface area contributed by atoms with Gasteiger partial charge < -0.3 is 4.74 Å². The van der Waals surface area contributed by atoms with Crippen LogP contribution < -0.4 is 0 Å². The normalized spacial score (nSPS) is 22.4. The molecule has 2 unspecified atom stereocenters. The van der Waals surface area contributed by atoms with Gasteiger partial charge in [0.15, 0.2) is 0 Å². The lowest BCUT2D eigenvalue weighted by molar-refractivity contribution is 0.0510. The maximum Gasteiger partial charge on any atom is 0.410 e. The van der Waals surface area contributed by atoms with Crippen LogP contribution in [0.1, 0.15) is 36.1 Å². The van der Waals surface area contributed by atoms with E-state index < -0.39 is 0 Å². The molecular formula is C20H20ClNO2S. The summed E-state index contributed by atoms with van der Waals surface area (Å²) < 4.78 is 6.40. The van der Waals surface area contributed by atoms with Crippen LogP contribution in [0, 0.1) is 0 Å². The molecule has 3 nitrogen and oxygen atoms in total. The van der Waals surface area contributed by atoms with Crippen molar-refractivity contribution in [2.24, 2.45) is 0 Å². The lowest BCUT2D eigenvalue weighted by Gasteiger charge is -2.44. The van der Waals surface area contributed by atoms with Crippen LogP contribution in [0.2, 0.25) is 4.34 Å². The lowest BCUT2D eigenvalue weighted by Crippen LogP contribution is -2.51. The second-order valence-electron chi connectivity index (χ2n) is 6.60. The highest BCUT2D eigenvalue weighted by Crippen LogP contribution is 2.40. The number of carbonyl (C=O) groups excluding carboxylic acids is 1. The number of piperidine rings is 1. The Bertz CT molecular complexity index is 786. The Hall–Kier alpha value is -1.78. The van der Waals surface area contributed by atoms with Gasteiger partial charge >= 0.3 is 6.09 Å². The number of amides is 1. The van der Waals surface area contributed by atoms with Crippen LogP contribution in [0.4, 0.5) is 4.79 Å². The molecule has 130 valence electrons. The van der Waals surface area contributed by atoms with E-state index in [1.165, 1.54) is 10.5 Å². The number of nitrogens with zero attached hydrogens (tertiary/aromatic N) is 1. The molecule has 1 saturated heterocycles. The molecule has 1 aromatic heterocycles. The highest BCUT2D eigenvalue weighted by Gasteiger charge is 2.38. The maximum absolute atomic E-state index is 12.7. The summed E-state index contributed by atoms with van der Waals surface area (Å²) in [5.41, 5.74) is 2.33. The third-order valence-corrected chi connectivity index (χ3v) is 6.25. The topological polar surface area (TPSA) is 29.5 Å². The van der Waals surface area contributed by atoms with Gasteiger partial charge in [-0.05, 0) is 49.0 Å². The summed E-state index contributed by atoms with van der Waals surface area (Å²) in [6.07, 6.45) is 6.12. The number of hydrogen-bond donors (Lipinski definition) is 0. The maximum atomic E-state index is 12.7. The molecule has 0 radical (unpaired) electrons. The number of carbonyl (C=O) groups is 1. The van der Waals surface area contributed by atoms with Crippen LogP contribution in [0.25, 0.3) is 5.57 Å². The molecule has 1 aromatic carbocycles. The van der Waals surface area contributed by atoms with E-state index in [0.29, 0.717) is 6.61 Å². The molecule has 1 amide bonds. The summed E-state index contributed by atoms with van der Waals surface area (Å²) in [7, 11) is 0. The van der Waals surface area contributed by atoms with Crippen molar-refractivity contribution in [3.8, 4) is 0 Å². The first-order valence-electron chi connectivity index (χ1n) is 8.66. The van der Waals surface area contributed by atoms with E-state index >= 15 is 0 Å². The van der Waals surface area contributed by atoms with Gasteiger partial charge in [-0.1, -0.05) is 48.0 Å². The Kier molecular flexibility index (Phi) is 4.82. The van der Waals surface area contributed by atoms with Crippen molar-refractivity contribution in [1.82, 2.24) is 4.90 Å². The molecule has 0 aliphatic carbocycles. The van der Waals surface area contributed by atoms with Gasteiger partial charge in [-0.25, -0.2) is 4.79 Å². The number of benzene rings is 1. The molecular weight excluding hydrogens is 354 g/mol. The third kappa shape index (κ3) is 3.60. The monoisotopic (exact) mass is 373 g/mol. The van der Waals surface area contributed by atoms with Crippen LogP contribution >= 0.6 is 22.9 Å². The molecule has 5 heteroatoms. The van der Waals surface area contributed by atoms with E-state index in [9.17, 15) is 4.79 Å². The fourth-order valence-electron chi connectivity index (χ4n) is 3.78.